The number of rotatable bonds is 0. The predicted octanol–water partition coefficient (Wildman–Crippen LogP) is 3.33. The Labute approximate surface area is 90.8 Å². The van der Waals surface area contributed by atoms with E-state index < -0.39 is 0 Å². The molecule has 1 aromatic rings. The minimum Gasteiger partial charge on any atom is -0.289 e. The van der Waals surface area contributed by atoms with Gasteiger partial charge in [0.1, 0.15) is 0 Å². The SMILES string of the molecule is Cc1cc2c(cc1C)C(C)(C)C=CC2=O. The van der Waals surface area contributed by atoms with Crippen LogP contribution in [-0.2, 0) is 5.41 Å². The maximum Gasteiger partial charge on any atom is 0.185 e. The monoisotopic (exact) mass is 200 g/mol. The van der Waals surface area contributed by atoms with Gasteiger partial charge in [0.25, 0.3) is 0 Å². The topological polar surface area (TPSA) is 17.1 Å². The van der Waals surface area contributed by atoms with Crippen molar-refractivity contribution in [2.75, 3.05) is 0 Å². The van der Waals surface area contributed by atoms with Crippen LogP contribution in [0.4, 0.5) is 0 Å². The molecule has 0 N–H and O–H groups in total. The molecule has 0 spiro atoms. The predicted molar refractivity (Wildman–Crippen MR) is 62.4 cm³/mol. The molecule has 0 saturated heterocycles. The van der Waals surface area contributed by atoms with Gasteiger partial charge in [-0.2, -0.15) is 0 Å². The fraction of sp³-hybridized carbons (Fsp3) is 0.357. The number of aryl methyl sites for hydroxylation is 2. The molecule has 0 aromatic heterocycles. The van der Waals surface area contributed by atoms with Crippen molar-refractivity contribution in [2.24, 2.45) is 0 Å². The number of allylic oxidation sites excluding steroid dienone is 2. The molecule has 1 aliphatic rings. The molecular formula is C14H16O. The lowest BCUT2D eigenvalue weighted by atomic mass is 9.75. The van der Waals surface area contributed by atoms with Crippen LogP contribution in [0, 0.1) is 13.8 Å². The first kappa shape index (κ1) is 10.2. The van der Waals surface area contributed by atoms with Gasteiger partial charge in [0, 0.05) is 11.0 Å². The highest BCUT2D eigenvalue weighted by atomic mass is 16.1. The van der Waals surface area contributed by atoms with Gasteiger partial charge in [0.05, 0.1) is 0 Å². The zero-order chi connectivity index (χ0) is 11.2. The van der Waals surface area contributed by atoms with Gasteiger partial charge in [-0.15, -0.1) is 0 Å². The number of carbonyl (C=O) groups excluding carboxylic acids is 1. The van der Waals surface area contributed by atoms with Crippen molar-refractivity contribution in [3.63, 3.8) is 0 Å². The van der Waals surface area contributed by atoms with E-state index >= 15 is 0 Å². The summed E-state index contributed by atoms with van der Waals surface area (Å²) in [5.74, 6) is 0.132. The number of hydrogen-bond donors (Lipinski definition) is 0. The second-order valence-corrected chi connectivity index (χ2v) is 4.90. The molecule has 1 heteroatoms. The maximum atomic E-state index is 11.8. The van der Waals surface area contributed by atoms with E-state index in [1.54, 1.807) is 6.08 Å². The molecule has 0 amide bonds. The number of benzene rings is 1. The quantitative estimate of drug-likeness (QED) is 0.627. The fourth-order valence-corrected chi connectivity index (χ4v) is 2.02. The van der Waals surface area contributed by atoms with Crippen LogP contribution in [0.1, 0.15) is 40.9 Å². The minimum absolute atomic E-state index is 0.0261. The molecule has 78 valence electrons. The van der Waals surface area contributed by atoms with Crippen LogP contribution in [-0.4, -0.2) is 5.78 Å². The van der Waals surface area contributed by atoms with E-state index in [0.717, 1.165) is 11.1 Å². The highest BCUT2D eigenvalue weighted by Crippen LogP contribution is 2.33. The summed E-state index contributed by atoms with van der Waals surface area (Å²) in [5.41, 5.74) is 4.43. The van der Waals surface area contributed by atoms with Gasteiger partial charge < -0.3 is 0 Å². The summed E-state index contributed by atoms with van der Waals surface area (Å²) in [7, 11) is 0. The molecule has 0 fully saturated rings. The molecule has 0 atom stereocenters. The van der Waals surface area contributed by atoms with Crippen LogP contribution in [0.2, 0.25) is 0 Å². The average molecular weight is 200 g/mol. The zero-order valence-electron chi connectivity index (χ0n) is 9.72. The summed E-state index contributed by atoms with van der Waals surface area (Å²) in [4.78, 5) is 11.8. The standard InChI is InChI=1S/C14H16O/c1-9-7-11-12(8-10(9)2)14(3,4)6-5-13(11)15/h5-8H,1-4H3. The van der Waals surface area contributed by atoms with Crippen molar-refractivity contribution in [1.82, 2.24) is 0 Å². The van der Waals surface area contributed by atoms with Gasteiger partial charge in [-0.1, -0.05) is 26.0 Å². The van der Waals surface area contributed by atoms with Gasteiger partial charge in [0.2, 0.25) is 0 Å². The third-order valence-electron chi connectivity index (χ3n) is 3.24. The number of hydrogen-bond acceptors (Lipinski definition) is 1. The Hall–Kier alpha value is -1.37. The van der Waals surface area contributed by atoms with Crippen molar-refractivity contribution in [3.8, 4) is 0 Å². The zero-order valence-corrected chi connectivity index (χ0v) is 9.72. The van der Waals surface area contributed by atoms with E-state index in [1.165, 1.54) is 11.1 Å². The Kier molecular flexibility index (Phi) is 2.07. The van der Waals surface area contributed by atoms with Crippen LogP contribution in [0.3, 0.4) is 0 Å². The first-order valence-electron chi connectivity index (χ1n) is 5.27. The van der Waals surface area contributed by atoms with Gasteiger partial charge in [-0.25, -0.2) is 0 Å². The third kappa shape index (κ3) is 1.52. The molecular weight excluding hydrogens is 184 g/mol. The molecule has 2 rings (SSSR count). The Balaban J connectivity index is 2.73. The third-order valence-corrected chi connectivity index (χ3v) is 3.24. The lowest BCUT2D eigenvalue weighted by Crippen LogP contribution is -2.22. The van der Waals surface area contributed by atoms with Crippen molar-refractivity contribution < 1.29 is 4.79 Å². The summed E-state index contributed by atoms with van der Waals surface area (Å²) < 4.78 is 0. The smallest absolute Gasteiger partial charge is 0.185 e. The molecule has 0 unspecified atom stereocenters. The van der Waals surface area contributed by atoms with Crippen LogP contribution in [0.25, 0.3) is 0 Å². The Bertz CT molecular complexity index is 464. The van der Waals surface area contributed by atoms with Crippen molar-refractivity contribution in [3.05, 3.63) is 46.5 Å². The van der Waals surface area contributed by atoms with Crippen molar-refractivity contribution >= 4 is 5.78 Å². The highest BCUT2D eigenvalue weighted by molar-refractivity contribution is 6.07. The minimum atomic E-state index is -0.0261. The van der Waals surface area contributed by atoms with E-state index in [-0.39, 0.29) is 11.2 Å². The molecule has 1 aliphatic carbocycles. The summed E-state index contributed by atoms with van der Waals surface area (Å²) in [6.07, 6.45) is 3.68. The normalized spacial score (nSPS) is 17.7. The van der Waals surface area contributed by atoms with Gasteiger partial charge in [-0.05, 0) is 42.7 Å². The van der Waals surface area contributed by atoms with Crippen LogP contribution >= 0.6 is 0 Å². The molecule has 0 radical (unpaired) electrons. The van der Waals surface area contributed by atoms with Crippen LogP contribution in [0.5, 0.6) is 0 Å². The van der Waals surface area contributed by atoms with E-state index in [4.69, 9.17) is 0 Å². The molecule has 0 saturated carbocycles. The Morgan fingerprint density at radius 3 is 2.33 bits per heavy atom. The fourth-order valence-electron chi connectivity index (χ4n) is 2.02. The first-order chi connectivity index (χ1) is 6.92. The summed E-state index contributed by atoms with van der Waals surface area (Å²) in [6.45, 7) is 8.43. The van der Waals surface area contributed by atoms with Gasteiger partial charge in [-0.3, -0.25) is 4.79 Å². The number of fused-ring (bicyclic) bond motifs is 1. The second-order valence-electron chi connectivity index (χ2n) is 4.90. The number of carbonyl (C=O) groups is 1. The first-order valence-corrected chi connectivity index (χ1v) is 5.27. The van der Waals surface area contributed by atoms with E-state index in [0.29, 0.717) is 0 Å². The van der Waals surface area contributed by atoms with Crippen LogP contribution in [0.15, 0.2) is 24.3 Å². The Morgan fingerprint density at radius 1 is 1.07 bits per heavy atom. The second kappa shape index (κ2) is 3.06. The molecule has 1 nitrogen and oxygen atoms in total. The average Bonchev–Trinajstić information content (AvgIpc) is 2.16. The Morgan fingerprint density at radius 2 is 1.67 bits per heavy atom. The van der Waals surface area contributed by atoms with Gasteiger partial charge in [0.15, 0.2) is 5.78 Å². The largest absolute Gasteiger partial charge is 0.289 e. The van der Waals surface area contributed by atoms with Gasteiger partial charge >= 0.3 is 0 Å². The van der Waals surface area contributed by atoms with Crippen molar-refractivity contribution in [2.45, 2.75) is 33.1 Å². The lowest BCUT2D eigenvalue weighted by molar-refractivity contribution is 0.104. The van der Waals surface area contributed by atoms with Crippen molar-refractivity contribution in [1.29, 1.82) is 0 Å². The summed E-state index contributed by atoms with van der Waals surface area (Å²) >= 11 is 0. The molecule has 0 aliphatic heterocycles. The lowest BCUT2D eigenvalue weighted by Gasteiger charge is -2.28. The number of ketones is 1. The summed E-state index contributed by atoms with van der Waals surface area (Å²) in [5, 5.41) is 0. The molecule has 0 heterocycles. The summed E-state index contributed by atoms with van der Waals surface area (Å²) in [6, 6.07) is 4.16. The molecule has 0 bridgehead atoms. The van der Waals surface area contributed by atoms with Crippen LogP contribution < -0.4 is 0 Å². The highest BCUT2D eigenvalue weighted by Gasteiger charge is 2.27. The van der Waals surface area contributed by atoms with E-state index in [1.807, 2.05) is 19.1 Å². The molecule has 1 aromatic carbocycles. The van der Waals surface area contributed by atoms with E-state index in [9.17, 15) is 4.79 Å². The maximum absolute atomic E-state index is 11.8. The van der Waals surface area contributed by atoms with E-state index in [2.05, 4.69) is 26.8 Å². The molecule has 15 heavy (non-hydrogen) atoms.